The van der Waals surface area contributed by atoms with E-state index in [0.29, 0.717) is 25.3 Å². The fraction of sp³-hybridized carbons (Fsp3) is 0.571. The zero-order valence-corrected chi connectivity index (χ0v) is 17.0. The van der Waals surface area contributed by atoms with Gasteiger partial charge >= 0.3 is 0 Å². The van der Waals surface area contributed by atoms with Crippen LogP contribution in [-0.2, 0) is 35.6 Å². The molecule has 3 heterocycles. The van der Waals surface area contributed by atoms with Crippen molar-refractivity contribution in [2.24, 2.45) is 4.99 Å². The highest BCUT2D eigenvalue weighted by Crippen LogP contribution is 2.15. The number of nitrogens with one attached hydrogen (secondary N) is 2. The summed E-state index contributed by atoms with van der Waals surface area (Å²) in [6.45, 7) is 3.79. The van der Waals surface area contributed by atoms with Crippen molar-refractivity contribution in [3.8, 4) is 0 Å². The molecule has 156 valence electrons. The minimum atomic E-state index is 0.301. The van der Waals surface area contributed by atoms with Crippen LogP contribution in [0, 0.1) is 0 Å². The smallest absolute Gasteiger partial charge is 0.191 e. The summed E-state index contributed by atoms with van der Waals surface area (Å²) in [6, 6.07) is 8.83. The molecule has 29 heavy (non-hydrogen) atoms. The molecule has 1 saturated heterocycles. The lowest BCUT2D eigenvalue weighted by Crippen LogP contribution is -2.46. The molecule has 0 radical (unpaired) electrons. The summed E-state index contributed by atoms with van der Waals surface area (Å²) in [5.41, 5.74) is 2.41. The van der Waals surface area contributed by atoms with E-state index in [-0.39, 0.29) is 0 Å². The molecule has 8 heteroatoms. The monoisotopic (exact) mass is 398 g/mol. The normalized spacial score (nSPS) is 20.3. The van der Waals surface area contributed by atoms with E-state index in [2.05, 4.69) is 50.0 Å². The number of fused-ring (bicyclic) bond motifs is 1. The van der Waals surface area contributed by atoms with Crippen LogP contribution in [-0.4, -0.2) is 53.1 Å². The molecular weight excluding hydrogens is 368 g/mol. The molecule has 1 fully saturated rings. The van der Waals surface area contributed by atoms with Gasteiger partial charge in [-0.1, -0.05) is 24.3 Å². The fourth-order valence-electron chi connectivity index (χ4n) is 3.82. The van der Waals surface area contributed by atoms with E-state index in [1.807, 2.05) is 4.68 Å². The van der Waals surface area contributed by atoms with Gasteiger partial charge in [0, 0.05) is 39.3 Å². The zero-order valence-electron chi connectivity index (χ0n) is 17.0. The number of rotatable bonds is 6. The van der Waals surface area contributed by atoms with Gasteiger partial charge in [0.25, 0.3) is 0 Å². The number of aliphatic imine (C=N–C) groups is 1. The van der Waals surface area contributed by atoms with Gasteiger partial charge in [0.1, 0.15) is 12.2 Å². The van der Waals surface area contributed by atoms with Crippen LogP contribution in [0.1, 0.15) is 36.2 Å². The van der Waals surface area contributed by atoms with E-state index in [0.717, 1.165) is 57.2 Å². The van der Waals surface area contributed by atoms with Gasteiger partial charge in [-0.05, 0) is 30.4 Å². The lowest BCUT2D eigenvalue weighted by atomic mass is 10.1. The van der Waals surface area contributed by atoms with Gasteiger partial charge in [-0.2, -0.15) is 5.10 Å². The first-order chi connectivity index (χ1) is 14.3. The highest BCUT2D eigenvalue weighted by atomic mass is 16.5. The predicted octanol–water partition coefficient (Wildman–Crippen LogP) is 1.65. The lowest BCUT2D eigenvalue weighted by Gasteiger charge is -2.25. The van der Waals surface area contributed by atoms with E-state index < -0.39 is 0 Å². The Balaban J connectivity index is 1.25. The quantitative estimate of drug-likeness (QED) is 0.569. The van der Waals surface area contributed by atoms with Gasteiger partial charge < -0.3 is 20.1 Å². The number of benzene rings is 1. The first-order valence-electron chi connectivity index (χ1n) is 10.4. The maximum Gasteiger partial charge on any atom is 0.191 e. The summed E-state index contributed by atoms with van der Waals surface area (Å²) in [4.78, 5) is 8.65. The molecule has 0 spiro atoms. The third kappa shape index (κ3) is 5.55. The Morgan fingerprint density at radius 1 is 1.28 bits per heavy atom. The molecule has 0 aliphatic carbocycles. The van der Waals surface area contributed by atoms with Crippen molar-refractivity contribution in [2.75, 3.05) is 20.3 Å². The third-order valence-corrected chi connectivity index (χ3v) is 5.48. The van der Waals surface area contributed by atoms with E-state index in [4.69, 9.17) is 9.47 Å². The van der Waals surface area contributed by atoms with Gasteiger partial charge in [0.2, 0.25) is 0 Å². The number of nitrogens with zero attached hydrogens (tertiary/aromatic N) is 4. The number of aromatic nitrogens is 3. The second kappa shape index (κ2) is 9.84. The standard InChI is InChI=1S/C21H30N6O2/c1-22-21(26-18-5-6-20-24-15-25-27(20)13-18)23-12-16-3-2-4-17(11-16)14-29-19-7-9-28-10-8-19/h2-4,11,15,18-19H,5-10,12-14H2,1H3,(H2,22,23,26). The average Bonchev–Trinajstić information content (AvgIpc) is 3.24. The number of hydrogen-bond acceptors (Lipinski definition) is 5. The molecule has 1 unspecified atom stereocenters. The summed E-state index contributed by atoms with van der Waals surface area (Å²) in [7, 11) is 1.80. The lowest BCUT2D eigenvalue weighted by molar-refractivity contribution is -0.0390. The predicted molar refractivity (Wildman–Crippen MR) is 111 cm³/mol. The first-order valence-corrected chi connectivity index (χ1v) is 10.4. The minimum Gasteiger partial charge on any atom is -0.381 e. The zero-order chi connectivity index (χ0) is 19.9. The molecule has 1 aromatic carbocycles. The van der Waals surface area contributed by atoms with Crippen LogP contribution in [0.3, 0.4) is 0 Å². The first kappa shape index (κ1) is 19.8. The molecule has 0 bridgehead atoms. The van der Waals surface area contributed by atoms with E-state index in [9.17, 15) is 0 Å². The fourth-order valence-corrected chi connectivity index (χ4v) is 3.82. The molecular formula is C21H30N6O2. The third-order valence-electron chi connectivity index (χ3n) is 5.48. The Morgan fingerprint density at radius 3 is 3.00 bits per heavy atom. The Morgan fingerprint density at radius 2 is 2.14 bits per heavy atom. The molecule has 4 rings (SSSR count). The van der Waals surface area contributed by atoms with Gasteiger partial charge in [-0.25, -0.2) is 9.67 Å². The second-order valence-electron chi connectivity index (χ2n) is 7.61. The minimum absolute atomic E-state index is 0.301. The maximum absolute atomic E-state index is 6.04. The second-order valence-corrected chi connectivity index (χ2v) is 7.61. The summed E-state index contributed by atoms with van der Waals surface area (Å²) >= 11 is 0. The van der Waals surface area contributed by atoms with Crippen molar-refractivity contribution < 1.29 is 9.47 Å². The number of ether oxygens (including phenoxy) is 2. The SMILES string of the molecule is CN=C(NCc1cccc(COC2CCOCC2)c1)NC1CCc2ncnn2C1. The van der Waals surface area contributed by atoms with Crippen LogP contribution >= 0.6 is 0 Å². The van der Waals surface area contributed by atoms with Crippen molar-refractivity contribution >= 4 is 5.96 Å². The maximum atomic E-state index is 6.04. The summed E-state index contributed by atoms with van der Waals surface area (Å²) in [5, 5.41) is 11.2. The van der Waals surface area contributed by atoms with Crippen molar-refractivity contribution in [3.05, 3.63) is 47.5 Å². The highest BCUT2D eigenvalue weighted by molar-refractivity contribution is 5.79. The van der Waals surface area contributed by atoms with E-state index in [1.165, 1.54) is 11.1 Å². The average molecular weight is 399 g/mol. The molecule has 1 atom stereocenters. The van der Waals surface area contributed by atoms with Gasteiger partial charge in [-0.15, -0.1) is 0 Å². The van der Waals surface area contributed by atoms with Crippen LogP contribution < -0.4 is 10.6 Å². The van der Waals surface area contributed by atoms with Crippen LogP contribution in [0.15, 0.2) is 35.6 Å². The van der Waals surface area contributed by atoms with Crippen molar-refractivity contribution in [1.82, 2.24) is 25.4 Å². The highest BCUT2D eigenvalue weighted by Gasteiger charge is 2.20. The molecule has 2 aliphatic heterocycles. The van der Waals surface area contributed by atoms with Gasteiger partial charge in [-0.3, -0.25) is 4.99 Å². The van der Waals surface area contributed by atoms with Crippen molar-refractivity contribution in [3.63, 3.8) is 0 Å². The summed E-state index contributed by atoms with van der Waals surface area (Å²) in [6.07, 6.45) is 5.88. The summed E-state index contributed by atoms with van der Waals surface area (Å²) < 4.78 is 13.4. The van der Waals surface area contributed by atoms with E-state index in [1.54, 1.807) is 13.4 Å². The molecule has 2 aliphatic rings. The topological polar surface area (TPSA) is 85.6 Å². The number of hydrogen-bond donors (Lipinski definition) is 2. The van der Waals surface area contributed by atoms with Crippen LogP contribution in [0.4, 0.5) is 0 Å². The van der Waals surface area contributed by atoms with Gasteiger partial charge in [0.05, 0.1) is 19.3 Å². The Bertz CT molecular complexity index is 815. The van der Waals surface area contributed by atoms with Crippen LogP contribution in [0.5, 0.6) is 0 Å². The largest absolute Gasteiger partial charge is 0.381 e. The molecule has 0 saturated carbocycles. The molecule has 2 aromatic rings. The van der Waals surface area contributed by atoms with Gasteiger partial charge in [0.15, 0.2) is 5.96 Å². The summed E-state index contributed by atoms with van der Waals surface area (Å²) in [5.74, 6) is 1.87. The Labute approximate surface area is 171 Å². The molecule has 8 nitrogen and oxygen atoms in total. The number of guanidine groups is 1. The Kier molecular flexibility index (Phi) is 6.74. The molecule has 1 aromatic heterocycles. The molecule has 2 N–H and O–H groups in total. The Hall–Kier alpha value is -2.45. The van der Waals surface area contributed by atoms with Crippen LogP contribution in [0.2, 0.25) is 0 Å². The number of aryl methyl sites for hydroxylation is 1. The van der Waals surface area contributed by atoms with Crippen molar-refractivity contribution in [2.45, 2.75) is 57.5 Å². The van der Waals surface area contributed by atoms with Crippen molar-refractivity contribution in [1.29, 1.82) is 0 Å². The molecule has 0 amide bonds. The van der Waals surface area contributed by atoms with Crippen LogP contribution in [0.25, 0.3) is 0 Å². The van der Waals surface area contributed by atoms with E-state index >= 15 is 0 Å².